The summed E-state index contributed by atoms with van der Waals surface area (Å²) in [7, 11) is 0. The van der Waals surface area contributed by atoms with Gasteiger partial charge in [0, 0.05) is 33.3 Å². The van der Waals surface area contributed by atoms with Crippen LogP contribution in [0.25, 0.3) is 10.9 Å². The van der Waals surface area contributed by atoms with Gasteiger partial charge in [-0.05, 0) is 32.0 Å². The number of para-hydroxylation sites is 1. The van der Waals surface area contributed by atoms with Crippen LogP contribution in [-0.4, -0.2) is 10.9 Å². The summed E-state index contributed by atoms with van der Waals surface area (Å²) >= 11 is 1.75. The minimum atomic E-state index is 0.0327. The van der Waals surface area contributed by atoms with Crippen molar-refractivity contribution in [2.24, 2.45) is 0 Å². The number of benzene rings is 1. The molecule has 0 aliphatic heterocycles. The molecule has 1 amide bonds. The zero-order valence-electron chi connectivity index (χ0n) is 13.1. The third-order valence-electron chi connectivity index (χ3n) is 3.96. The Morgan fingerprint density at radius 1 is 1.27 bits per heavy atom. The fourth-order valence-corrected chi connectivity index (χ4v) is 3.71. The van der Waals surface area contributed by atoms with Gasteiger partial charge in [-0.2, -0.15) is 0 Å². The van der Waals surface area contributed by atoms with E-state index in [2.05, 4.69) is 37.0 Å². The number of anilines is 1. The second-order valence-corrected chi connectivity index (χ2v) is 6.78. The Hall–Kier alpha value is -2.07. The molecule has 3 aromatic rings. The average Bonchev–Trinajstić information content (AvgIpc) is 3.14. The number of nitrogens with one attached hydrogen (secondary N) is 1. The van der Waals surface area contributed by atoms with Crippen molar-refractivity contribution in [2.75, 3.05) is 4.90 Å². The first-order chi connectivity index (χ1) is 10.6. The number of thiophene rings is 1. The molecule has 114 valence electrons. The summed E-state index contributed by atoms with van der Waals surface area (Å²) in [6.07, 6.45) is 2.43. The third-order valence-corrected chi connectivity index (χ3v) is 5.13. The van der Waals surface area contributed by atoms with Crippen molar-refractivity contribution in [2.45, 2.75) is 33.2 Å². The number of nitrogens with zero attached hydrogens (tertiary/aromatic N) is 1. The first-order valence-corrected chi connectivity index (χ1v) is 8.38. The van der Waals surface area contributed by atoms with Crippen LogP contribution >= 0.6 is 11.3 Å². The number of H-pyrrole nitrogens is 1. The van der Waals surface area contributed by atoms with E-state index in [4.69, 9.17) is 0 Å². The van der Waals surface area contributed by atoms with Crippen molar-refractivity contribution in [1.29, 1.82) is 0 Å². The van der Waals surface area contributed by atoms with Gasteiger partial charge in [0.1, 0.15) is 0 Å². The van der Waals surface area contributed by atoms with Gasteiger partial charge in [0.25, 0.3) is 0 Å². The van der Waals surface area contributed by atoms with Crippen molar-refractivity contribution in [3.05, 3.63) is 52.3 Å². The van der Waals surface area contributed by atoms with E-state index in [1.165, 1.54) is 9.75 Å². The maximum absolute atomic E-state index is 12.6. The second kappa shape index (κ2) is 5.97. The van der Waals surface area contributed by atoms with Gasteiger partial charge in [-0.25, -0.2) is 0 Å². The molecule has 1 N–H and O–H groups in total. The molecule has 0 spiro atoms. The van der Waals surface area contributed by atoms with Crippen molar-refractivity contribution in [3.63, 3.8) is 0 Å². The van der Waals surface area contributed by atoms with Crippen LogP contribution in [0.3, 0.4) is 0 Å². The first kappa shape index (κ1) is 14.9. The number of fused-ring (bicyclic) bond motifs is 1. The number of hydrogen-bond acceptors (Lipinski definition) is 2. The molecule has 2 heterocycles. The highest BCUT2D eigenvalue weighted by Gasteiger charge is 2.25. The first-order valence-electron chi connectivity index (χ1n) is 7.56. The molecule has 3 rings (SSSR count). The monoisotopic (exact) mass is 312 g/mol. The zero-order valence-corrected chi connectivity index (χ0v) is 13.9. The van der Waals surface area contributed by atoms with Gasteiger partial charge in [-0.3, -0.25) is 4.79 Å². The number of amides is 1. The number of carbonyl (C=O) groups is 1. The summed E-state index contributed by atoms with van der Waals surface area (Å²) in [4.78, 5) is 20.3. The van der Waals surface area contributed by atoms with Crippen LogP contribution < -0.4 is 4.90 Å². The van der Waals surface area contributed by atoms with E-state index in [1.807, 2.05) is 36.2 Å². The Labute approximate surface area is 134 Å². The number of aromatic amines is 1. The van der Waals surface area contributed by atoms with Crippen LogP contribution in [0.5, 0.6) is 0 Å². The van der Waals surface area contributed by atoms with E-state index in [0.717, 1.165) is 16.6 Å². The number of carbonyl (C=O) groups excluding carboxylic acids is 1. The van der Waals surface area contributed by atoms with Crippen LogP contribution in [0.4, 0.5) is 5.69 Å². The number of hydrogen-bond donors (Lipinski definition) is 1. The smallest absolute Gasteiger partial charge is 0.227 e. The van der Waals surface area contributed by atoms with Gasteiger partial charge in [0.05, 0.1) is 11.7 Å². The van der Waals surface area contributed by atoms with Crippen LogP contribution in [0.1, 0.15) is 36.1 Å². The van der Waals surface area contributed by atoms with Crippen molar-refractivity contribution in [3.8, 4) is 0 Å². The second-order valence-electron chi connectivity index (χ2n) is 5.46. The van der Waals surface area contributed by atoms with Gasteiger partial charge < -0.3 is 9.88 Å². The molecule has 2 aromatic heterocycles. The van der Waals surface area contributed by atoms with Crippen molar-refractivity contribution in [1.82, 2.24) is 4.98 Å². The molecule has 4 heteroatoms. The lowest BCUT2D eigenvalue weighted by molar-refractivity contribution is -0.118. The highest BCUT2D eigenvalue weighted by atomic mass is 32.1. The molecule has 1 unspecified atom stereocenters. The Bertz CT molecular complexity index is 802. The molecular formula is C18H20N2OS. The molecule has 3 nitrogen and oxygen atoms in total. The van der Waals surface area contributed by atoms with Crippen LogP contribution in [-0.2, 0) is 4.79 Å². The normalized spacial score (nSPS) is 12.5. The predicted molar refractivity (Wildman–Crippen MR) is 93.5 cm³/mol. The van der Waals surface area contributed by atoms with Gasteiger partial charge in [-0.15, -0.1) is 11.3 Å². The highest BCUT2D eigenvalue weighted by molar-refractivity contribution is 7.12. The summed E-state index contributed by atoms with van der Waals surface area (Å²) in [5.74, 6) is 0.142. The van der Waals surface area contributed by atoms with E-state index in [9.17, 15) is 4.79 Å². The Kier molecular flexibility index (Phi) is 4.03. The molecule has 1 aromatic carbocycles. The Balaban J connectivity index is 2.08. The number of aryl methyl sites for hydroxylation is 1. The quantitative estimate of drug-likeness (QED) is 0.719. The van der Waals surface area contributed by atoms with Gasteiger partial charge >= 0.3 is 0 Å². The van der Waals surface area contributed by atoms with E-state index in [-0.39, 0.29) is 11.9 Å². The lowest BCUT2D eigenvalue weighted by Gasteiger charge is -2.28. The fraction of sp³-hybridized carbons (Fsp3) is 0.278. The summed E-state index contributed by atoms with van der Waals surface area (Å²) in [5, 5.41) is 1.09. The molecule has 22 heavy (non-hydrogen) atoms. The van der Waals surface area contributed by atoms with Crippen molar-refractivity contribution >= 4 is 33.8 Å². The van der Waals surface area contributed by atoms with Crippen LogP contribution in [0.15, 0.2) is 42.6 Å². The van der Waals surface area contributed by atoms with E-state index in [0.29, 0.717) is 6.42 Å². The maximum Gasteiger partial charge on any atom is 0.227 e. The maximum atomic E-state index is 12.6. The molecule has 0 fully saturated rings. The van der Waals surface area contributed by atoms with Gasteiger partial charge in [0.15, 0.2) is 0 Å². The molecule has 0 saturated carbocycles. The zero-order chi connectivity index (χ0) is 15.7. The standard InChI is InChI=1S/C18H20N2OS/c1-4-18(21)20(13(3)17-10-9-12(2)22-17)16-11-19-15-8-6-5-7-14(15)16/h5-11,13,19H,4H2,1-3H3. The average molecular weight is 312 g/mol. The molecule has 1 atom stereocenters. The van der Waals surface area contributed by atoms with Crippen LogP contribution in [0.2, 0.25) is 0 Å². The number of aromatic nitrogens is 1. The lowest BCUT2D eigenvalue weighted by Crippen LogP contribution is -2.32. The topological polar surface area (TPSA) is 36.1 Å². The number of rotatable bonds is 4. The summed E-state index contributed by atoms with van der Waals surface area (Å²) in [5.41, 5.74) is 2.02. The molecule has 0 aliphatic rings. The van der Waals surface area contributed by atoms with E-state index >= 15 is 0 Å². The third kappa shape index (κ3) is 2.55. The van der Waals surface area contributed by atoms with Gasteiger partial charge in [0.2, 0.25) is 5.91 Å². The highest BCUT2D eigenvalue weighted by Crippen LogP contribution is 2.35. The largest absolute Gasteiger partial charge is 0.359 e. The van der Waals surface area contributed by atoms with E-state index < -0.39 is 0 Å². The van der Waals surface area contributed by atoms with Gasteiger partial charge in [-0.1, -0.05) is 25.1 Å². The SMILES string of the molecule is CCC(=O)N(c1c[nH]c2ccccc12)C(C)c1ccc(C)s1. The lowest BCUT2D eigenvalue weighted by atomic mass is 10.1. The Morgan fingerprint density at radius 3 is 2.73 bits per heavy atom. The predicted octanol–water partition coefficient (Wildman–Crippen LogP) is 5.04. The molecular weight excluding hydrogens is 292 g/mol. The summed E-state index contributed by atoms with van der Waals surface area (Å²) < 4.78 is 0. The molecule has 0 saturated heterocycles. The van der Waals surface area contributed by atoms with Crippen LogP contribution in [0, 0.1) is 6.92 Å². The van der Waals surface area contributed by atoms with Crippen molar-refractivity contribution < 1.29 is 4.79 Å². The van der Waals surface area contributed by atoms with E-state index in [1.54, 1.807) is 11.3 Å². The minimum Gasteiger partial charge on any atom is -0.359 e. The summed E-state index contributed by atoms with van der Waals surface area (Å²) in [6, 6.07) is 12.4. The molecule has 0 radical (unpaired) electrons. The minimum absolute atomic E-state index is 0.0327. The Morgan fingerprint density at radius 2 is 2.05 bits per heavy atom. The summed E-state index contributed by atoms with van der Waals surface area (Å²) in [6.45, 7) is 6.11. The molecule has 0 aliphatic carbocycles. The fourth-order valence-electron chi connectivity index (χ4n) is 2.79. The molecule has 0 bridgehead atoms.